The summed E-state index contributed by atoms with van der Waals surface area (Å²) in [6, 6.07) is 15.2. The van der Waals surface area contributed by atoms with Crippen molar-refractivity contribution in [2.45, 2.75) is 30.4 Å². The van der Waals surface area contributed by atoms with E-state index in [1.807, 2.05) is 18.4 Å². The molecule has 1 fully saturated rings. The highest BCUT2D eigenvalue weighted by atomic mass is 32.2. The normalized spacial score (nSPS) is 16.1. The second-order valence-electron chi connectivity index (χ2n) is 6.58. The smallest absolute Gasteiger partial charge is 0.253 e. The van der Waals surface area contributed by atoms with Gasteiger partial charge in [0, 0.05) is 36.3 Å². The van der Waals surface area contributed by atoms with E-state index in [4.69, 9.17) is 4.74 Å². The molecule has 2 amide bonds. The van der Waals surface area contributed by atoms with Gasteiger partial charge in [-0.2, -0.15) is 0 Å². The van der Waals surface area contributed by atoms with E-state index in [0.29, 0.717) is 24.4 Å². The number of ether oxygens (including phenoxy) is 1. The molecule has 1 unspecified atom stereocenters. The highest BCUT2D eigenvalue weighted by Gasteiger charge is 2.23. The second kappa shape index (κ2) is 9.06. The van der Waals surface area contributed by atoms with Crippen molar-refractivity contribution in [3.63, 3.8) is 0 Å². The van der Waals surface area contributed by atoms with Crippen molar-refractivity contribution in [3.8, 4) is 0 Å². The minimum atomic E-state index is -0.392. The van der Waals surface area contributed by atoms with Crippen LogP contribution in [-0.2, 0) is 16.1 Å². The molecule has 0 bridgehead atoms. The van der Waals surface area contributed by atoms with E-state index in [2.05, 4.69) is 17.4 Å². The molecule has 27 heavy (non-hydrogen) atoms. The van der Waals surface area contributed by atoms with Gasteiger partial charge in [-0.15, -0.1) is 11.8 Å². The van der Waals surface area contributed by atoms with Gasteiger partial charge >= 0.3 is 0 Å². The van der Waals surface area contributed by atoms with Crippen LogP contribution in [0.15, 0.2) is 53.4 Å². The summed E-state index contributed by atoms with van der Waals surface area (Å²) in [5.41, 5.74) is 2.23. The molecule has 0 aliphatic carbocycles. The first-order valence-electron chi connectivity index (χ1n) is 8.98. The van der Waals surface area contributed by atoms with Crippen LogP contribution in [0.25, 0.3) is 0 Å². The number of nitrogens with zero attached hydrogens (tertiary/aromatic N) is 1. The van der Waals surface area contributed by atoms with Gasteiger partial charge in [0.25, 0.3) is 11.8 Å². The molecular weight excluding hydrogens is 360 g/mol. The van der Waals surface area contributed by atoms with Gasteiger partial charge < -0.3 is 15.0 Å². The van der Waals surface area contributed by atoms with Crippen molar-refractivity contribution >= 4 is 29.3 Å². The van der Waals surface area contributed by atoms with Crippen molar-refractivity contribution in [2.24, 2.45) is 0 Å². The van der Waals surface area contributed by atoms with E-state index < -0.39 is 6.10 Å². The van der Waals surface area contributed by atoms with Crippen LogP contribution in [0.4, 0.5) is 5.69 Å². The number of carbonyl (C=O) groups is 2. The third-order valence-electron chi connectivity index (χ3n) is 4.52. The zero-order valence-electron chi connectivity index (χ0n) is 15.6. The van der Waals surface area contributed by atoms with Crippen LogP contribution in [0.5, 0.6) is 0 Å². The van der Waals surface area contributed by atoms with Gasteiger partial charge in [0.05, 0.1) is 0 Å². The predicted octanol–water partition coefficient (Wildman–Crippen LogP) is 3.80. The molecule has 0 spiro atoms. The lowest BCUT2D eigenvalue weighted by atomic mass is 10.1. The standard InChI is InChI=1S/C21H24N2O3S/c1-23(14-15-8-10-18(27-2)11-9-15)21(25)16-5-3-6-17(13-16)22-20(24)19-7-4-12-26-19/h3,5-6,8-11,13,19H,4,7,12,14H2,1-2H3,(H,22,24). The number of nitrogens with one attached hydrogen (secondary N) is 1. The van der Waals surface area contributed by atoms with Crippen molar-refractivity contribution in [1.82, 2.24) is 4.90 Å². The van der Waals surface area contributed by atoms with Crippen LogP contribution in [0.3, 0.4) is 0 Å². The molecule has 2 aromatic carbocycles. The Bertz CT molecular complexity index is 801. The lowest BCUT2D eigenvalue weighted by Crippen LogP contribution is -2.28. The SMILES string of the molecule is CSc1ccc(CN(C)C(=O)c2cccc(NC(=O)C3CCCO3)c2)cc1. The van der Waals surface area contributed by atoms with Crippen LogP contribution in [0.1, 0.15) is 28.8 Å². The minimum absolute atomic E-state index is 0.0860. The number of anilines is 1. The minimum Gasteiger partial charge on any atom is -0.368 e. The van der Waals surface area contributed by atoms with Crippen LogP contribution in [0, 0.1) is 0 Å². The molecule has 142 valence electrons. The number of carbonyl (C=O) groups excluding carboxylic acids is 2. The molecule has 1 saturated heterocycles. The number of thioether (sulfide) groups is 1. The first-order valence-corrected chi connectivity index (χ1v) is 10.2. The summed E-state index contributed by atoms with van der Waals surface area (Å²) in [7, 11) is 1.78. The maximum atomic E-state index is 12.8. The van der Waals surface area contributed by atoms with E-state index in [9.17, 15) is 9.59 Å². The van der Waals surface area contributed by atoms with E-state index in [1.54, 1.807) is 48.0 Å². The average molecular weight is 385 g/mol. The van der Waals surface area contributed by atoms with Gasteiger partial charge in [-0.25, -0.2) is 0 Å². The Morgan fingerprint density at radius 1 is 1.22 bits per heavy atom. The zero-order valence-corrected chi connectivity index (χ0v) is 16.4. The molecule has 1 aliphatic heterocycles. The van der Waals surface area contributed by atoms with Gasteiger partial charge in [0.1, 0.15) is 6.10 Å². The topological polar surface area (TPSA) is 58.6 Å². The molecule has 0 aromatic heterocycles. The van der Waals surface area contributed by atoms with E-state index >= 15 is 0 Å². The van der Waals surface area contributed by atoms with Gasteiger partial charge in [0.15, 0.2) is 0 Å². The highest BCUT2D eigenvalue weighted by molar-refractivity contribution is 7.98. The Morgan fingerprint density at radius 2 is 2.00 bits per heavy atom. The second-order valence-corrected chi connectivity index (χ2v) is 7.46. The molecule has 2 aromatic rings. The summed E-state index contributed by atoms with van der Waals surface area (Å²) in [5, 5.41) is 2.84. The van der Waals surface area contributed by atoms with Gasteiger partial charge in [-0.05, 0) is 55.0 Å². The molecule has 5 nitrogen and oxygen atoms in total. The molecule has 0 radical (unpaired) electrons. The van der Waals surface area contributed by atoms with Crippen LogP contribution >= 0.6 is 11.8 Å². The quantitative estimate of drug-likeness (QED) is 0.770. The third kappa shape index (κ3) is 5.11. The molecule has 1 atom stereocenters. The molecule has 0 saturated carbocycles. The van der Waals surface area contributed by atoms with Crippen molar-refractivity contribution < 1.29 is 14.3 Å². The van der Waals surface area contributed by atoms with Crippen molar-refractivity contribution in [2.75, 3.05) is 25.2 Å². The van der Waals surface area contributed by atoms with Gasteiger partial charge in [-0.1, -0.05) is 18.2 Å². The molecular formula is C21H24N2O3S. The lowest BCUT2D eigenvalue weighted by Gasteiger charge is -2.18. The van der Waals surface area contributed by atoms with Crippen molar-refractivity contribution in [1.29, 1.82) is 0 Å². The third-order valence-corrected chi connectivity index (χ3v) is 5.27. The number of benzene rings is 2. The Hall–Kier alpha value is -2.31. The van der Waals surface area contributed by atoms with E-state index in [-0.39, 0.29) is 11.8 Å². The average Bonchev–Trinajstić information content (AvgIpc) is 3.23. The summed E-state index contributed by atoms with van der Waals surface area (Å²) in [6.45, 7) is 1.15. The monoisotopic (exact) mass is 384 g/mol. The molecule has 6 heteroatoms. The fourth-order valence-electron chi connectivity index (χ4n) is 3.03. The Kier molecular flexibility index (Phi) is 6.53. The summed E-state index contributed by atoms with van der Waals surface area (Å²) in [5.74, 6) is -0.239. The zero-order chi connectivity index (χ0) is 19.2. The number of rotatable bonds is 6. The van der Waals surface area contributed by atoms with Crippen LogP contribution in [0.2, 0.25) is 0 Å². The maximum absolute atomic E-state index is 12.8. The summed E-state index contributed by atoms with van der Waals surface area (Å²) in [4.78, 5) is 27.8. The number of hydrogen-bond donors (Lipinski definition) is 1. The largest absolute Gasteiger partial charge is 0.368 e. The van der Waals surface area contributed by atoms with Gasteiger partial charge in [-0.3, -0.25) is 9.59 Å². The van der Waals surface area contributed by atoms with Gasteiger partial charge in [0.2, 0.25) is 0 Å². The Balaban J connectivity index is 1.63. The molecule has 1 aliphatic rings. The fraction of sp³-hybridized carbons (Fsp3) is 0.333. The predicted molar refractivity (Wildman–Crippen MR) is 108 cm³/mol. The maximum Gasteiger partial charge on any atom is 0.253 e. The molecule has 1 N–H and O–H groups in total. The number of hydrogen-bond acceptors (Lipinski definition) is 4. The first-order chi connectivity index (χ1) is 13.1. The molecule has 3 rings (SSSR count). The summed E-state index contributed by atoms with van der Waals surface area (Å²) >= 11 is 1.69. The van der Waals surface area contributed by atoms with E-state index in [0.717, 1.165) is 18.4 Å². The highest BCUT2D eigenvalue weighted by Crippen LogP contribution is 2.19. The van der Waals surface area contributed by atoms with Crippen LogP contribution < -0.4 is 5.32 Å². The number of amides is 2. The first kappa shape index (κ1) is 19.5. The Labute approximate surface area is 164 Å². The summed E-state index contributed by atoms with van der Waals surface area (Å²) in [6.07, 6.45) is 3.29. The van der Waals surface area contributed by atoms with Crippen molar-refractivity contribution in [3.05, 3.63) is 59.7 Å². The fourth-order valence-corrected chi connectivity index (χ4v) is 3.44. The van der Waals surface area contributed by atoms with Crippen LogP contribution in [-0.4, -0.2) is 42.7 Å². The molecule has 1 heterocycles. The summed E-state index contributed by atoms with van der Waals surface area (Å²) < 4.78 is 5.40. The Morgan fingerprint density at radius 3 is 2.67 bits per heavy atom. The lowest BCUT2D eigenvalue weighted by molar-refractivity contribution is -0.124. The van der Waals surface area contributed by atoms with E-state index in [1.165, 1.54) is 4.90 Å².